The monoisotopic (exact) mass is 990 g/mol. The second kappa shape index (κ2) is 23.5. The Kier molecular flexibility index (Phi) is 19.4. The van der Waals surface area contributed by atoms with Crippen LogP contribution in [-0.4, -0.2) is 326 Å². The smallest absolute Gasteiger partial charge is 0.187 e. The molecule has 0 aromatic carbocycles. The number of rotatable bonds is 19. The predicted octanol–water partition coefficient (Wildman–Crippen LogP) is -14.1. The highest BCUT2D eigenvalue weighted by Gasteiger charge is 2.59. The quantitative estimate of drug-likeness (QED) is 0.0571. The average molecular weight is 991 g/mol. The summed E-state index contributed by atoms with van der Waals surface area (Å²) in [4.78, 5) is 0. The van der Waals surface area contributed by atoms with Crippen molar-refractivity contribution in [2.45, 2.75) is 184 Å². The Balaban J connectivity index is 1.18. The lowest BCUT2D eigenvalue weighted by Gasteiger charge is -2.44. The van der Waals surface area contributed by atoms with Crippen molar-refractivity contribution < 1.29 is 154 Å². The van der Waals surface area contributed by atoms with Gasteiger partial charge in [-0.25, -0.2) is 0 Å². The first kappa shape index (κ1) is 55.1. The molecule has 6 aliphatic rings. The fourth-order valence-corrected chi connectivity index (χ4v) is 8.55. The van der Waals surface area contributed by atoms with Crippen molar-refractivity contribution in [3.8, 4) is 0 Å². The third-order valence-electron chi connectivity index (χ3n) is 12.4. The highest BCUT2D eigenvalue weighted by atomic mass is 16.8. The van der Waals surface area contributed by atoms with E-state index in [2.05, 4.69) is 0 Å². The van der Waals surface area contributed by atoms with Gasteiger partial charge in [0.15, 0.2) is 37.7 Å². The molecule has 0 spiro atoms. The Morgan fingerprint density at radius 1 is 0.299 bits per heavy atom. The van der Waals surface area contributed by atoms with Crippen LogP contribution in [0.1, 0.15) is 0 Å². The fraction of sp³-hybridized carbons (Fsp3) is 1.00. The molecule has 0 aromatic rings. The van der Waals surface area contributed by atoms with E-state index in [0.29, 0.717) is 0 Å². The van der Waals surface area contributed by atoms with Gasteiger partial charge in [-0.15, -0.1) is 0 Å². The van der Waals surface area contributed by atoms with Gasteiger partial charge >= 0.3 is 0 Å². The van der Waals surface area contributed by atoms with Crippen molar-refractivity contribution in [2.24, 2.45) is 0 Å². The molecule has 0 amide bonds. The van der Waals surface area contributed by atoms with Crippen LogP contribution in [0.5, 0.6) is 0 Å². The third kappa shape index (κ3) is 11.2. The number of aliphatic hydroxyl groups is 20. The standard InChI is InChI=1S/C36H62O31/c37-1-7(43)23-16(49)17(50)32(60-23)64-27-14(47)11(5-41)58-33(19(27)52)67-30-22(55)36(62-25(30)9(45)3-39)65-28-15(48)12(6-42)59-34(20(28)53)66-29-21(54)35(61-24(29)8(44)2-38)63-26-13(46)10(4-40)57-31(56)18(26)51/h7-56H,1-6H2/t7-,8-,9-,10-,11-,12-,13+,14+,15+,16-,17-,18-,19-,20-,21-,22-,23+,24+,25+,26+,27+,28+,29-,30-,31-,32+,33-,34-,35+,36+/m1/s1. The summed E-state index contributed by atoms with van der Waals surface area (Å²) in [5, 5.41) is 210. The van der Waals surface area contributed by atoms with E-state index in [1.807, 2.05) is 0 Å². The van der Waals surface area contributed by atoms with Gasteiger partial charge in [-0.2, -0.15) is 0 Å². The van der Waals surface area contributed by atoms with E-state index in [1.54, 1.807) is 0 Å². The minimum absolute atomic E-state index is 0.852. The molecule has 0 aromatic heterocycles. The van der Waals surface area contributed by atoms with Crippen molar-refractivity contribution in [3.05, 3.63) is 0 Å². The van der Waals surface area contributed by atoms with Crippen molar-refractivity contribution in [1.82, 2.24) is 0 Å². The summed E-state index contributed by atoms with van der Waals surface area (Å²) in [6.07, 6.45) is -57.1. The molecule has 0 aliphatic carbocycles. The van der Waals surface area contributed by atoms with Gasteiger partial charge in [0.05, 0.1) is 39.6 Å². The Hall–Kier alpha value is -1.24. The molecular formula is C36H62O31. The lowest BCUT2D eigenvalue weighted by Crippen LogP contribution is -2.63. The molecule has 6 fully saturated rings. The van der Waals surface area contributed by atoms with E-state index in [4.69, 9.17) is 52.1 Å². The van der Waals surface area contributed by atoms with Crippen molar-refractivity contribution in [2.75, 3.05) is 39.6 Å². The van der Waals surface area contributed by atoms with Crippen LogP contribution in [-0.2, 0) is 52.1 Å². The van der Waals surface area contributed by atoms with Gasteiger partial charge < -0.3 is 154 Å². The van der Waals surface area contributed by atoms with Crippen molar-refractivity contribution in [3.63, 3.8) is 0 Å². The van der Waals surface area contributed by atoms with Crippen LogP contribution in [0, 0.1) is 0 Å². The highest BCUT2D eigenvalue weighted by molar-refractivity contribution is 5.01. The van der Waals surface area contributed by atoms with E-state index in [0.717, 1.165) is 0 Å². The topological polar surface area (TPSA) is 506 Å². The van der Waals surface area contributed by atoms with Crippen LogP contribution < -0.4 is 0 Å². The molecule has 0 radical (unpaired) electrons. The second-order valence-electron chi connectivity index (χ2n) is 16.8. The van der Waals surface area contributed by atoms with Crippen molar-refractivity contribution >= 4 is 0 Å². The molecule has 30 atom stereocenters. The third-order valence-corrected chi connectivity index (χ3v) is 12.4. The molecule has 20 N–H and O–H groups in total. The first-order valence-electron chi connectivity index (χ1n) is 21.1. The summed E-state index contributed by atoms with van der Waals surface area (Å²) in [6, 6.07) is 0. The minimum atomic E-state index is -2.22. The fourth-order valence-electron chi connectivity index (χ4n) is 8.55. The van der Waals surface area contributed by atoms with Gasteiger partial charge in [0.2, 0.25) is 0 Å². The predicted molar refractivity (Wildman–Crippen MR) is 199 cm³/mol. The van der Waals surface area contributed by atoms with Crippen LogP contribution in [0.15, 0.2) is 0 Å². The zero-order chi connectivity index (χ0) is 49.3. The molecule has 392 valence electrons. The Morgan fingerprint density at radius 3 is 0.955 bits per heavy atom. The van der Waals surface area contributed by atoms with Gasteiger partial charge in [-0.05, 0) is 0 Å². The van der Waals surface area contributed by atoms with E-state index in [-0.39, 0.29) is 0 Å². The molecule has 31 heteroatoms. The Bertz CT molecular complexity index is 1510. The van der Waals surface area contributed by atoms with Crippen LogP contribution in [0.25, 0.3) is 0 Å². The summed E-state index contributed by atoms with van der Waals surface area (Å²) in [5.74, 6) is 0. The number of hydrogen-bond donors (Lipinski definition) is 20. The zero-order valence-electron chi connectivity index (χ0n) is 35.0. The van der Waals surface area contributed by atoms with Gasteiger partial charge in [-0.1, -0.05) is 0 Å². The van der Waals surface area contributed by atoms with E-state index in [1.165, 1.54) is 0 Å². The first-order valence-corrected chi connectivity index (χ1v) is 21.1. The first-order chi connectivity index (χ1) is 31.8. The molecule has 0 bridgehead atoms. The Morgan fingerprint density at radius 2 is 0.582 bits per heavy atom. The molecule has 0 saturated carbocycles. The van der Waals surface area contributed by atoms with E-state index in [9.17, 15) is 102 Å². The summed E-state index contributed by atoms with van der Waals surface area (Å²) in [5.41, 5.74) is 0. The molecule has 6 rings (SSSR count). The van der Waals surface area contributed by atoms with Gasteiger partial charge in [0.25, 0.3) is 0 Å². The molecule has 31 nitrogen and oxygen atoms in total. The van der Waals surface area contributed by atoms with Crippen LogP contribution in [0.4, 0.5) is 0 Å². The average Bonchev–Trinajstić information content (AvgIpc) is 3.91. The minimum Gasteiger partial charge on any atom is -0.394 e. The normalized spacial score (nSPS) is 51.0. The summed E-state index contributed by atoms with van der Waals surface area (Å²) < 4.78 is 60.9. The van der Waals surface area contributed by atoms with Crippen molar-refractivity contribution in [1.29, 1.82) is 0 Å². The summed E-state index contributed by atoms with van der Waals surface area (Å²) in [6.45, 7) is -5.85. The zero-order valence-corrected chi connectivity index (χ0v) is 35.0. The van der Waals surface area contributed by atoms with Crippen LogP contribution in [0.3, 0.4) is 0 Å². The van der Waals surface area contributed by atoms with Gasteiger partial charge in [0, 0.05) is 0 Å². The lowest BCUT2D eigenvalue weighted by molar-refractivity contribution is -0.345. The molecule has 0 unspecified atom stereocenters. The SMILES string of the molecule is OC[C@@H](O)[C@@H]1O[C@@H](O[C@H]2[C@@H](O)[C@@H](CO)O[C@H](O[C@@H]3[C@@H](O)[C@H](O[C@H]4[C@@H](O)[C@@H](CO)O[C@H](O[C@@H]5[C@@H](O)[C@H](O[C@@H]6[C@@H](O)[C@H](O)O[C@H](CO)[C@@H]6O)O[C@H]5[C@H](O)CO)[C@@H]4O)O[C@H]3[C@H](O)CO)[C@@H]2O)[C@H](O)[C@H]1O. The molecule has 6 aliphatic heterocycles. The van der Waals surface area contributed by atoms with E-state index < -0.39 is 224 Å². The van der Waals surface area contributed by atoms with Gasteiger partial charge in [0.1, 0.15) is 146 Å². The largest absolute Gasteiger partial charge is 0.394 e. The summed E-state index contributed by atoms with van der Waals surface area (Å²) >= 11 is 0. The lowest BCUT2D eigenvalue weighted by atomic mass is 9.97. The number of aliphatic hydroxyl groups excluding tert-OH is 20. The maximum Gasteiger partial charge on any atom is 0.187 e. The maximum absolute atomic E-state index is 11.5. The molecular weight excluding hydrogens is 928 g/mol. The molecule has 6 heterocycles. The highest BCUT2D eigenvalue weighted by Crippen LogP contribution is 2.38. The molecule has 6 saturated heterocycles. The van der Waals surface area contributed by atoms with E-state index >= 15 is 0 Å². The van der Waals surface area contributed by atoms with Crippen LogP contribution >= 0.6 is 0 Å². The number of ether oxygens (including phenoxy) is 11. The number of hydrogen-bond acceptors (Lipinski definition) is 31. The molecule has 67 heavy (non-hydrogen) atoms. The van der Waals surface area contributed by atoms with Gasteiger partial charge in [-0.3, -0.25) is 0 Å². The summed E-state index contributed by atoms with van der Waals surface area (Å²) in [7, 11) is 0. The second-order valence-corrected chi connectivity index (χ2v) is 16.8. The van der Waals surface area contributed by atoms with Crippen LogP contribution in [0.2, 0.25) is 0 Å². The maximum atomic E-state index is 11.5. The Labute approximate surface area is 378 Å².